The van der Waals surface area contributed by atoms with E-state index in [-0.39, 0.29) is 25.7 Å². The first kappa shape index (κ1) is 103. The number of carbonyl (C=O) groups is 4. The summed E-state index contributed by atoms with van der Waals surface area (Å²) >= 11 is 0. The Morgan fingerprint density at radius 2 is 0.481 bits per heavy atom. The quantitative estimate of drug-likeness (QED) is 0.0169. The topological polar surface area (TPSA) is 237 Å². The van der Waals surface area contributed by atoms with E-state index >= 15 is 0 Å². The van der Waals surface area contributed by atoms with Gasteiger partial charge in [0.15, 0.2) is 12.2 Å². The maximum atomic E-state index is 13.1. The molecular weight excluding hydrogens is 1400 g/mol. The molecule has 19 heteroatoms. The van der Waals surface area contributed by atoms with Crippen LogP contribution >= 0.6 is 15.6 Å². The van der Waals surface area contributed by atoms with Crippen molar-refractivity contribution < 1.29 is 80.2 Å². The second-order valence-electron chi connectivity index (χ2n) is 27.7. The molecule has 3 N–H and O–H groups in total. The van der Waals surface area contributed by atoms with Crippen LogP contribution in [0.1, 0.15) is 336 Å². The van der Waals surface area contributed by atoms with E-state index < -0.39 is 97.5 Å². The Morgan fingerprint density at radius 3 is 0.722 bits per heavy atom. The van der Waals surface area contributed by atoms with Crippen LogP contribution in [0.4, 0.5) is 0 Å². The van der Waals surface area contributed by atoms with Crippen LogP contribution in [0.25, 0.3) is 0 Å². The summed E-state index contributed by atoms with van der Waals surface area (Å²) in [6.07, 6.45) is 92.7. The predicted molar refractivity (Wildman–Crippen MR) is 445 cm³/mol. The maximum Gasteiger partial charge on any atom is 0.472 e. The Morgan fingerprint density at radius 1 is 0.269 bits per heavy atom. The van der Waals surface area contributed by atoms with Gasteiger partial charge in [0.05, 0.1) is 26.4 Å². The molecule has 0 saturated heterocycles. The van der Waals surface area contributed by atoms with Crippen LogP contribution < -0.4 is 0 Å². The first-order chi connectivity index (χ1) is 52.7. The number of hydrogen-bond acceptors (Lipinski definition) is 15. The third kappa shape index (κ3) is 79.0. The van der Waals surface area contributed by atoms with E-state index in [2.05, 4.69) is 137 Å². The summed E-state index contributed by atoms with van der Waals surface area (Å²) < 4.78 is 68.6. The van der Waals surface area contributed by atoms with E-state index in [1.165, 1.54) is 128 Å². The number of esters is 4. The van der Waals surface area contributed by atoms with E-state index in [0.717, 1.165) is 116 Å². The van der Waals surface area contributed by atoms with E-state index in [1.54, 1.807) is 0 Å². The number of aliphatic hydroxyl groups excluding tert-OH is 1. The summed E-state index contributed by atoms with van der Waals surface area (Å²) in [6, 6.07) is 0. The molecule has 0 aromatic heterocycles. The minimum Gasteiger partial charge on any atom is -0.462 e. The highest BCUT2D eigenvalue weighted by molar-refractivity contribution is 7.47. The summed E-state index contributed by atoms with van der Waals surface area (Å²) in [7, 11) is -10.0. The number of rotatable bonds is 78. The first-order valence-electron chi connectivity index (χ1n) is 42.1. The van der Waals surface area contributed by atoms with Gasteiger partial charge in [-0.25, -0.2) is 9.13 Å². The fourth-order valence-corrected chi connectivity index (χ4v) is 12.6. The number of hydrogen-bond donors (Lipinski definition) is 3. The third-order valence-electron chi connectivity index (χ3n) is 17.4. The summed E-state index contributed by atoms with van der Waals surface area (Å²) in [6.45, 7) is 4.52. The summed E-state index contributed by atoms with van der Waals surface area (Å²) in [5, 5.41) is 10.7. The molecule has 0 rings (SSSR count). The van der Waals surface area contributed by atoms with Crippen molar-refractivity contribution >= 4 is 39.5 Å². The van der Waals surface area contributed by atoms with Gasteiger partial charge in [-0.1, -0.05) is 353 Å². The maximum absolute atomic E-state index is 13.1. The molecule has 4 atom stereocenters. The zero-order chi connectivity index (χ0) is 78.9. The Labute approximate surface area is 656 Å². The van der Waals surface area contributed by atoms with Crippen molar-refractivity contribution in [3.05, 3.63) is 146 Å². The average Bonchev–Trinajstić information content (AvgIpc) is 0.923. The van der Waals surface area contributed by atoms with Crippen molar-refractivity contribution in [2.24, 2.45) is 0 Å². The Hall–Kier alpha value is -5.06. The molecule has 17 nitrogen and oxygen atoms in total. The molecule has 0 radical (unpaired) electrons. The Kier molecular flexibility index (Phi) is 76.3. The minimum atomic E-state index is -5.00. The van der Waals surface area contributed by atoms with Crippen LogP contribution in [0.5, 0.6) is 0 Å². The lowest BCUT2D eigenvalue weighted by Gasteiger charge is -2.21. The van der Waals surface area contributed by atoms with Crippen molar-refractivity contribution in [2.45, 2.75) is 354 Å². The van der Waals surface area contributed by atoms with Gasteiger partial charge in [0.2, 0.25) is 0 Å². The van der Waals surface area contributed by atoms with Crippen LogP contribution in [0.3, 0.4) is 0 Å². The van der Waals surface area contributed by atoms with E-state index in [0.29, 0.717) is 38.5 Å². The van der Waals surface area contributed by atoms with Crippen molar-refractivity contribution in [3.8, 4) is 0 Å². The predicted octanol–water partition coefficient (Wildman–Crippen LogP) is 25.0. The Bertz CT molecular complexity index is 2440. The van der Waals surface area contributed by atoms with Gasteiger partial charge in [-0.3, -0.25) is 37.3 Å². The van der Waals surface area contributed by atoms with Crippen LogP contribution in [0, 0.1) is 0 Å². The van der Waals surface area contributed by atoms with Gasteiger partial charge < -0.3 is 33.8 Å². The number of allylic oxidation sites excluding steroid dienone is 24. The van der Waals surface area contributed by atoms with Crippen molar-refractivity contribution in [2.75, 3.05) is 39.6 Å². The van der Waals surface area contributed by atoms with Gasteiger partial charge >= 0.3 is 39.5 Å². The number of carbonyl (C=O) groups excluding carboxylic acids is 4. The highest BCUT2D eigenvalue weighted by Crippen LogP contribution is 2.45. The Balaban J connectivity index is 5.48. The lowest BCUT2D eigenvalue weighted by molar-refractivity contribution is -0.161. The van der Waals surface area contributed by atoms with E-state index in [9.17, 15) is 43.2 Å². The summed E-state index contributed by atoms with van der Waals surface area (Å²) in [5.74, 6) is -2.36. The van der Waals surface area contributed by atoms with Crippen LogP contribution in [-0.2, 0) is 65.4 Å². The molecule has 108 heavy (non-hydrogen) atoms. The molecule has 0 aromatic carbocycles. The molecule has 0 aliphatic rings. The molecule has 0 spiro atoms. The van der Waals surface area contributed by atoms with Gasteiger partial charge in [-0.05, 0) is 103 Å². The molecule has 0 amide bonds. The van der Waals surface area contributed by atoms with Crippen LogP contribution in [0.15, 0.2) is 146 Å². The summed E-state index contributed by atoms with van der Waals surface area (Å²) in [5.41, 5.74) is 0. The largest absolute Gasteiger partial charge is 0.472 e. The molecule has 0 aliphatic heterocycles. The second kappa shape index (κ2) is 80.0. The number of aliphatic hydroxyl groups is 1. The van der Waals surface area contributed by atoms with Gasteiger partial charge in [0.1, 0.15) is 19.3 Å². The molecule has 0 fully saturated rings. The molecule has 0 aromatic rings. The standard InChI is InChI=1S/C89H150O17P2/c1-5-9-13-17-21-25-29-33-37-39-41-43-47-49-53-57-61-65-69-73-86(91)99-79-84(105-88(93)75-71-67-63-59-55-51-45-35-31-27-23-19-15-11-7-3)81-103-107(95,96)101-77-83(90)78-102-108(97,98)104-82-85(106-89(94)76-72-68-64-60-56-52-46-36-32-28-24-20-16-12-8-4)80-100-87(92)74-70-66-62-58-54-50-48-44-42-40-38-34-30-26-22-18-14-10-6-2/h9-10,13-14,21-22,25-26,33-34,37-38,41-44,49-50,53-54,61-62,65-66,83-85,90H,5-8,11-12,15-20,23-24,27-32,35-36,39-40,45-48,51-52,55-60,63-64,67-82H2,1-4H3,(H,95,96)(H,97,98)/b13-9-,14-10-,25-21-,26-22-,37-33-,38-34-,43-41-,44-42-,53-49-,54-50-,65-61-,66-62-. The van der Waals surface area contributed by atoms with Crippen LogP contribution in [0.2, 0.25) is 0 Å². The average molecular weight is 1550 g/mol. The molecule has 0 heterocycles. The van der Waals surface area contributed by atoms with E-state index in [1.807, 2.05) is 36.5 Å². The number of phosphoric acid groups is 2. The van der Waals surface area contributed by atoms with Crippen molar-refractivity contribution in [1.29, 1.82) is 0 Å². The van der Waals surface area contributed by atoms with E-state index in [4.69, 9.17) is 37.0 Å². The molecule has 0 aliphatic carbocycles. The molecule has 4 unspecified atom stereocenters. The number of unbranched alkanes of at least 4 members (excludes halogenated alkanes) is 28. The lowest BCUT2D eigenvalue weighted by Crippen LogP contribution is -2.30. The van der Waals surface area contributed by atoms with Crippen molar-refractivity contribution in [1.82, 2.24) is 0 Å². The van der Waals surface area contributed by atoms with Crippen molar-refractivity contribution in [3.63, 3.8) is 0 Å². The van der Waals surface area contributed by atoms with Gasteiger partial charge in [-0.15, -0.1) is 0 Å². The first-order valence-corrected chi connectivity index (χ1v) is 45.1. The van der Waals surface area contributed by atoms with Gasteiger partial charge in [0.25, 0.3) is 0 Å². The monoisotopic (exact) mass is 1550 g/mol. The normalized spacial score (nSPS) is 14.5. The fourth-order valence-electron chi connectivity index (χ4n) is 11.0. The SMILES string of the molecule is CC/C=C\C/C=C\C/C=C\C/C=C\C/C=C\C/C=C\CCC(=O)OCC(COP(=O)(O)OCC(O)COP(=O)(O)OCC(COC(=O)CC/C=C\C/C=C\C/C=C\C/C=C\C/C=C\C/C=C\CC)OC(=O)CCCCCCCCCCCCCCCCC)OC(=O)CCCCCCCCCCCCCCCCC. The number of phosphoric ester groups is 2. The highest BCUT2D eigenvalue weighted by atomic mass is 31.2. The third-order valence-corrected chi connectivity index (χ3v) is 19.3. The second-order valence-corrected chi connectivity index (χ2v) is 30.6. The number of ether oxygens (including phenoxy) is 4. The molecular formula is C89H150O17P2. The lowest BCUT2D eigenvalue weighted by atomic mass is 10.0. The molecule has 0 bridgehead atoms. The summed E-state index contributed by atoms with van der Waals surface area (Å²) in [4.78, 5) is 73.1. The fraction of sp³-hybridized carbons (Fsp3) is 0.685. The minimum absolute atomic E-state index is 0.0338. The molecule has 0 saturated carbocycles. The van der Waals surface area contributed by atoms with Crippen LogP contribution in [-0.4, -0.2) is 96.7 Å². The zero-order valence-electron chi connectivity index (χ0n) is 67.7. The smallest absolute Gasteiger partial charge is 0.462 e. The zero-order valence-corrected chi connectivity index (χ0v) is 69.5. The highest BCUT2D eigenvalue weighted by Gasteiger charge is 2.30. The molecule has 618 valence electrons. The van der Waals surface area contributed by atoms with Gasteiger partial charge in [-0.2, -0.15) is 0 Å². The van der Waals surface area contributed by atoms with Gasteiger partial charge in [0, 0.05) is 25.7 Å².